The number of aromatic nitrogens is 1. The first-order valence-electron chi connectivity index (χ1n) is 9.96. The van der Waals surface area contributed by atoms with Crippen LogP contribution in [0, 0.1) is 0 Å². The average Bonchev–Trinajstić information content (AvgIpc) is 3.27. The smallest absolute Gasteiger partial charge is 0.246 e. The second-order valence-electron chi connectivity index (χ2n) is 7.19. The van der Waals surface area contributed by atoms with Gasteiger partial charge in [0, 0.05) is 44.0 Å². The molecule has 0 bridgehead atoms. The molecule has 31 heavy (non-hydrogen) atoms. The van der Waals surface area contributed by atoms with Gasteiger partial charge in [-0.25, -0.2) is 13.4 Å². The molecule has 9 heteroatoms. The Morgan fingerprint density at radius 3 is 2.42 bits per heavy atom. The van der Waals surface area contributed by atoms with E-state index in [1.165, 1.54) is 30.2 Å². The van der Waals surface area contributed by atoms with Crippen LogP contribution in [0.3, 0.4) is 0 Å². The van der Waals surface area contributed by atoms with E-state index in [0.29, 0.717) is 31.9 Å². The van der Waals surface area contributed by atoms with Crippen LogP contribution in [0.25, 0.3) is 0 Å². The van der Waals surface area contributed by atoms with E-state index >= 15 is 0 Å². The van der Waals surface area contributed by atoms with Gasteiger partial charge in [-0.05, 0) is 17.7 Å². The highest BCUT2D eigenvalue weighted by Gasteiger charge is 2.31. The minimum Gasteiger partial charge on any atom is -0.497 e. The zero-order chi connectivity index (χ0) is 21.8. The van der Waals surface area contributed by atoms with Crippen molar-refractivity contribution in [1.82, 2.24) is 9.29 Å². The summed E-state index contributed by atoms with van der Waals surface area (Å²) >= 11 is 1.60. The highest BCUT2D eigenvalue weighted by molar-refractivity contribution is 7.89. The van der Waals surface area contributed by atoms with Crippen molar-refractivity contribution in [3.8, 4) is 11.5 Å². The summed E-state index contributed by atoms with van der Waals surface area (Å²) in [6, 6.07) is 15.0. The van der Waals surface area contributed by atoms with E-state index in [0.717, 1.165) is 17.2 Å². The molecule has 1 aromatic heterocycles. The maximum Gasteiger partial charge on any atom is 0.246 e. The summed E-state index contributed by atoms with van der Waals surface area (Å²) < 4.78 is 38.4. The standard InChI is InChI=1S/C22H25N3O4S2/c1-28-19-8-9-21(20(15-19)29-2)31(26,27)25-12-10-24(11-13-25)22-23-18(16-30-22)14-17-6-4-3-5-7-17/h3-9,15-16H,10-14H2,1-2H3. The summed E-state index contributed by atoms with van der Waals surface area (Å²) in [6.07, 6.45) is 0.795. The molecule has 0 radical (unpaired) electrons. The van der Waals surface area contributed by atoms with Crippen LogP contribution < -0.4 is 14.4 Å². The molecular formula is C22H25N3O4S2. The van der Waals surface area contributed by atoms with E-state index in [9.17, 15) is 8.42 Å². The Morgan fingerprint density at radius 1 is 1.00 bits per heavy atom. The fraction of sp³-hybridized carbons (Fsp3) is 0.318. The van der Waals surface area contributed by atoms with Gasteiger partial charge >= 0.3 is 0 Å². The third-order valence-electron chi connectivity index (χ3n) is 5.27. The van der Waals surface area contributed by atoms with Crippen LogP contribution in [-0.4, -0.2) is 58.1 Å². The SMILES string of the molecule is COc1ccc(S(=O)(=O)N2CCN(c3nc(Cc4ccccc4)cs3)CC2)c(OC)c1. The number of sulfonamides is 1. The lowest BCUT2D eigenvalue weighted by atomic mass is 10.1. The number of ether oxygens (including phenoxy) is 2. The summed E-state index contributed by atoms with van der Waals surface area (Å²) in [4.78, 5) is 7.07. The van der Waals surface area contributed by atoms with E-state index in [4.69, 9.17) is 14.5 Å². The number of hydrogen-bond acceptors (Lipinski definition) is 7. The molecule has 164 valence electrons. The van der Waals surface area contributed by atoms with Gasteiger partial charge in [-0.2, -0.15) is 4.31 Å². The Kier molecular flexibility index (Phi) is 6.45. The number of nitrogens with zero attached hydrogens (tertiary/aromatic N) is 3. The average molecular weight is 460 g/mol. The second-order valence-corrected chi connectivity index (χ2v) is 9.93. The van der Waals surface area contributed by atoms with E-state index in [2.05, 4.69) is 22.4 Å². The lowest BCUT2D eigenvalue weighted by molar-refractivity contribution is 0.370. The van der Waals surface area contributed by atoms with Crippen LogP contribution in [0.4, 0.5) is 5.13 Å². The fourth-order valence-electron chi connectivity index (χ4n) is 3.57. The summed E-state index contributed by atoms with van der Waals surface area (Å²) in [6.45, 7) is 1.97. The molecular weight excluding hydrogens is 434 g/mol. The van der Waals surface area contributed by atoms with Crippen LogP contribution in [0.5, 0.6) is 11.5 Å². The van der Waals surface area contributed by atoms with Gasteiger partial charge in [-0.1, -0.05) is 30.3 Å². The highest BCUT2D eigenvalue weighted by atomic mass is 32.2. The molecule has 1 aliphatic rings. The Hall–Kier alpha value is -2.62. The molecule has 7 nitrogen and oxygen atoms in total. The van der Waals surface area contributed by atoms with Crippen LogP contribution in [0.1, 0.15) is 11.3 Å². The van der Waals surface area contributed by atoms with Crippen LogP contribution in [0.2, 0.25) is 0 Å². The zero-order valence-corrected chi connectivity index (χ0v) is 19.2. The van der Waals surface area contributed by atoms with Crippen molar-refractivity contribution in [3.05, 3.63) is 65.2 Å². The van der Waals surface area contributed by atoms with Crippen molar-refractivity contribution < 1.29 is 17.9 Å². The lowest BCUT2D eigenvalue weighted by Crippen LogP contribution is -2.48. The molecule has 0 saturated carbocycles. The summed E-state index contributed by atoms with van der Waals surface area (Å²) in [5.41, 5.74) is 2.26. The molecule has 0 amide bonds. The number of rotatable bonds is 7. The van der Waals surface area contributed by atoms with E-state index < -0.39 is 10.0 Å². The number of thiazole rings is 1. The fourth-order valence-corrected chi connectivity index (χ4v) is 6.01. The first-order valence-corrected chi connectivity index (χ1v) is 12.3. The molecule has 4 rings (SSSR count). The maximum atomic E-state index is 13.2. The molecule has 0 N–H and O–H groups in total. The van der Waals surface area contributed by atoms with Gasteiger partial charge in [0.2, 0.25) is 10.0 Å². The molecule has 0 unspecified atom stereocenters. The summed E-state index contributed by atoms with van der Waals surface area (Å²) in [5, 5.41) is 3.01. The molecule has 2 aromatic carbocycles. The first-order chi connectivity index (χ1) is 15.0. The van der Waals surface area contributed by atoms with Gasteiger partial charge in [0.15, 0.2) is 5.13 Å². The minimum absolute atomic E-state index is 0.156. The van der Waals surface area contributed by atoms with Gasteiger partial charge in [-0.15, -0.1) is 11.3 Å². The van der Waals surface area contributed by atoms with Crippen molar-refractivity contribution >= 4 is 26.5 Å². The van der Waals surface area contributed by atoms with Gasteiger partial charge in [0.1, 0.15) is 16.4 Å². The number of benzene rings is 2. The number of methoxy groups -OCH3 is 2. The van der Waals surface area contributed by atoms with Crippen molar-refractivity contribution in [3.63, 3.8) is 0 Å². The number of piperazine rings is 1. The van der Waals surface area contributed by atoms with E-state index in [1.54, 1.807) is 23.5 Å². The third kappa shape index (κ3) is 4.68. The van der Waals surface area contributed by atoms with Crippen molar-refractivity contribution in [2.75, 3.05) is 45.3 Å². The minimum atomic E-state index is -3.66. The molecule has 1 fully saturated rings. The monoisotopic (exact) mass is 459 g/mol. The molecule has 0 aliphatic carbocycles. The van der Waals surface area contributed by atoms with Crippen LogP contribution in [-0.2, 0) is 16.4 Å². The van der Waals surface area contributed by atoms with Gasteiger partial charge in [0.05, 0.1) is 19.9 Å². The normalized spacial score (nSPS) is 15.1. The Balaban J connectivity index is 1.43. The Labute approximate surface area is 186 Å². The second kappa shape index (κ2) is 9.25. The third-order valence-corrected chi connectivity index (χ3v) is 8.15. The molecule has 3 aromatic rings. The predicted molar refractivity (Wildman–Crippen MR) is 122 cm³/mol. The first kappa shape index (κ1) is 21.6. The van der Waals surface area contributed by atoms with Gasteiger partial charge < -0.3 is 14.4 Å². The van der Waals surface area contributed by atoms with Crippen LogP contribution >= 0.6 is 11.3 Å². The zero-order valence-electron chi connectivity index (χ0n) is 17.5. The van der Waals surface area contributed by atoms with Gasteiger partial charge in [-0.3, -0.25) is 0 Å². The number of hydrogen-bond donors (Lipinski definition) is 0. The maximum absolute atomic E-state index is 13.2. The quantitative estimate of drug-likeness (QED) is 0.540. The molecule has 1 aliphatic heterocycles. The molecule has 0 atom stereocenters. The molecule has 2 heterocycles. The van der Waals surface area contributed by atoms with Crippen molar-refractivity contribution in [2.24, 2.45) is 0 Å². The predicted octanol–water partition coefficient (Wildman–Crippen LogP) is 3.26. The topological polar surface area (TPSA) is 72.0 Å². The van der Waals surface area contributed by atoms with Crippen molar-refractivity contribution in [1.29, 1.82) is 0 Å². The summed E-state index contributed by atoms with van der Waals surface area (Å²) in [7, 11) is -0.668. The van der Waals surface area contributed by atoms with E-state index in [1.807, 2.05) is 18.2 Å². The van der Waals surface area contributed by atoms with Crippen molar-refractivity contribution in [2.45, 2.75) is 11.3 Å². The molecule has 1 saturated heterocycles. The largest absolute Gasteiger partial charge is 0.497 e. The molecule has 0 spiro atoms. The summed E-state index contributed by atoms with van der Waals surface area (Å²) in [5.74, 6) is 0.836. The Bertz CT molecular complexity index is 1120. The van der Waals surface area contributed by atoms with E-state index in [-0.39, 0.29) is 10.6 Å². The lowest BCUT2D eigenvalue weighted by Gasteiger charge is -2.34. The Morgan fingerprint density at radius 2 is 1.74 bits per heavy atom. The number of anilines is 1. The van der Waals surface area contributed by atoms with Crippen LogP contribution in [0.15, 0.2) is 58.8 Å². The highest BCUT2D eigenvalue weighted by Crippen LogP contribution is 2.32. The van der Waals surface area contributed by atoms with Gasteiger partial charge in [0.25, 0.3) is 0 Å².